The van der Waals surface area contributed by atoms with Crippen LogP contribution in [-0.2, 0) is 0 Å². The van der Waals surface area contributed by atoms with Crippen molar-refractivity contribution >= 4 is 0 Å². The number of rotatable bonds is 31. The minimum absolute atomic E-state index is 0.590. The molecule has 0 saturated carbocycles. The van der Waals surface area contributed by atoms with Crippen LogP contribution in [0.4, 0.5) is 0 Å². The minimum atomic E-state index is 0.590. The van der Waals surface area contributed by atoms with Crippen molar-refractivity contribution in [2.24, 2.45) is 0 Å². The first-order chi connectivity index (χ1) is 19.7. The Balaban J connectivity index is 2.39. The SMILES string of the molecule is CCCCCCCCCCCCCCCC(CCCCCCCC)c1nccn1C(C)CCCCCCCCC. The first-order valence-electron chi connectivity index (χ1n) is 18.8. The molecule has 40 heavy (non-hydrogen) atoms. The van der Waals surface area contributed by atoms with Crippen molar-refractivity contribution in [3.05, 3.63) is 18.2 Å². The highest BCUT2D eigenvalue weighted by molar-refractivity contribution is 5.02. The van der Waals surface area contributed by atoms with Gasteiger partial charge in [-0.1, -0.05) is 188 Å². The standard InChI is InChI=1S/C38H74N2/c1-5-8-11-14-17-18-19-20-21-22-24-27-30-33-37(32-29-26-16-13-10-7-3)38-39-34-35-40(38)36(4)31-28-25-23-15-12-9-6-2/h34-37H,5-33H2,1-4H3. The van der Waals surface area contributed by atoms with Crippen molar-refractivity contribution in [2.45, 2.75) is 226 Å². The van der Waals surface area contributed by atoms with Gasteiger partial charge in [0, 0.05) is 24.4 Å². The molecule has 0 saturated heterocycles. The summed E-state index contributed by atoms with van der Waals surface area (Å²) < 4.78 is 2.57. The predicted octanol–water partition coefficient (Wildman–Crippen LogP) is 13.9. The van der Waals surface area contributed by atoms with Crippen LogP contribution in [-0.4, -0.2) is 9.55 Å². The van der Waals surface area contributed by atoms with Gasteiger partial charge < -0.3 is 4.57 Å². The average molecular weight is 559 g/mol. The van der Waals surface area contributed by atoms with Crippen molar-refractivity contribution < 1.29 is 0 Å². The molecule has 1 heterocycles. The van der Waals surface area contributed by atoms with Crippen molar-refractivity contribution in [3.63, 3.8) is 0 Å². The number of unbranched alkanes of at least 4 members (excludes halogenated alkanes) is 23. The Hall–Kier alpha value is -0.790. The van der Waals surface area contributed by atoms with E-state index in [1.807, 2.05) is 0 Å². The van der Waals surface area contributed by atoms with E-state index in [0.717, 1.165) is 0 Å². The molecule has 0 spiro atoms. The van der Waals surface area contributed by atoms with Crippen LogP contribution >= 0.6 is 0 Å². The molecule has 2 atom stereocenters. The maximum atomic E-state index is 4.99. The van der Waals surface area contributed by atoms with Crippen LogP contribution in [0.2, 0.25) is 0 Å². The van der Waals surface area contributed by atoms with E-state index in [0.29, 0.717) is 12.0 Å². The summed E-state index contributed by atoms with van der Waals surface area (Å²) in [4.78, 5) is 4.99. The molecule has 0 aliphatic carbocycles. The molecule has 0 radical (unpaired) electrons. The lowest BCUT2D eigenvalue weighted by molar-refractivity contribution is 0.412. The largest absolute Gasteiger partial charge is 0.332 e. The van der Waals surface area contributed by atoms with Gasteiger partial charge in [0.25, 0.3) is 0 Å². The summed E-state index contributed by atoms with van der Waals surface area (Å²) in [6.45, 7) is 9.38. The fraction of sp³-hybridized carbons (Fsp3) is 0.921. The van der Waals surface area contributed by atoms with Gasteiger partial charge in [0.1, 0.15) is 5.82 Å². The van der Waals surface area contributed by atoms with Gasteiger partial charge in [0.2, 0.25) is 0 Å². The Morgan fingerprint density at radius 3 is 1.18 bits per heavy atom. The van der Waals surface area contributed by atoms with Crippen LogP contribution in [0.1, 0.15) is 232 Å². The second-order valence-electron chi connectivity index (χ2n) is 13.2. The van der Waals surface area contributed by atoms with Gasteiger partial charge in [-0.2, -0.15) is 0 Å². The minimum Gasteiger partial charge on any atom is -0.332 e. The van der Waals surface area contributed by atoms with Crippen molar-refractivity contribution in [1.82, 2.24) is 9.55 Å². The van der Waals surface area contributed by atoms with E-state index in [1.54, 1.807) is 0 Å². The Labute approximate surface area is 253 Å². The Morgan fingerprint density at radius 2 is 0.800 bits per heavy atom. The summed E-state index contributed by atoms with van der Waals surface area (Å²) in [7, 11) is 0. The highest BCUT2D eigenvalue weighted by Crippen LogP contribution is 2.31. The molecule has 2 unspecified atom stereocenters. The molecule has 1 aromatic heterocycles. The fourth-order valence-corrected chi connectivity index (χ4v) is 6.53. The Morgan fingerprint density at radius 1 is 0.475 bits per heavy atom. The van der Waals surface area contributed by atoms with E-state index in [4.69, 9.17) is 4.98 Å². The third-order valence-corrected chi connectivity index (χ3v) is 9.33. The van der Waals surface area contributed by atoms with Crippen LogP contribution in [0.3, 0.4) is 0 Å². The van der Waals surface area contributed by atoms with Crippen LogP contribution in [0, 0.1) is 0 Å². The Kier molecular flexibility index (Phi) is 26.4. The summed E-state index contributed by atoms with van der Waals surface area (Å²) in [5.74, 6) is 2.06. The van der Waals surface area contributed by atoms with Gasteiger partial charge in [-0.3, -0.25) is 0 Å². The molecule has 0 aromatic carbocycles. The Bertz CT molecular complexity index is 621. The molecule has 0 amide bonds. The van der Waals surface area contributed by atoms with Crippen molar-refractivity contribution in [3.8, 4) is 0 Å². The predicted molar refractivity (Wildman–Crippen MR) is 181 cm³/mol. The monoisotopic (exact) mass is 559 g/mol. The zero-order valence-corrected chi connectivity index (χ0v) is 28.2. The number of nitrogens with zero attached hydrogens (tertiary/aromatic N) is 2. The van der Waals surface area contributed by atoms with Crippen molar-refractivity contribution in [2.75, 3.05) is 0 Å². The van der Waals surface area contributed by atoms with E-state index >= 15 is 0 Å². The average Bonchev–Trinajstić information content (AvgIpc) is 3.45. The number of aromatic nitrogens is 2. The molecule has 236 valence electrons. The van der Waals surface area contributed by atoms with E-state index < -0.39 is 0 Å². The van der Waals surface area contributed by atoms with Crippen LogP contribution in [0.15, 0.2) is 12.4 Å². The lowest BCUT2D eigenvalue weighted by Crippen LogP contribution is -2.13. The van der Waals surface area contributed by atoms with Gasteiger partial charge in [0.15, 0.2) is 0 Å². The van der Waals surface area contributed by atoms with Gasteiger partial charge >= 0.3 is 0 Å². The second kappa shape index (κ2) is 28.3. The molecular weight excluding hydrogens is 484 g/mol. The summed E-state index contributed by atoms with van der Waals surface area (Å²) >= 11 is 0. The van der Waals surface area contributed by atoms with Crippen LogP contribution < -0.4 is 0 Å². The molecule has 0 aliphatic heterocycles. The number of imidazole rings is 1. The highest BCUT2D eigenvalue weighted by atomic mass is 15.1. The molecule has 0 N–H and O–H groups in total. The van der Waals surface area contributed by atoms with Gasteiger partial charge in [-0.05, 0) is 26.2 Å². The summed E-state index contributed by atoms with van der Waals surface area (Å²) in [6.07, 6.45) is 45.2. The highest BCUT2D eigenvalue weighted by Gasteiger charge is 2.19. The van der Waals surface area contributed by atoms with E-state index in [2.05, 4.69) is 44.7 Å². The molecule has 0 bridgehead atoms. The van der Waals surface area contributed by atoms with E-state index in [9.17, 15) is 0 Å². The quantitative estimate of drug-likeness (QED) is 0.0828. The lowest BCUT2D eigenvalue weighted by Gasteiger charge is -2.22. The van der Waals surface area contributed by atoms with E-state index in [1.165, 1.54) is 192 Å². The maximum Gasteiger partial charge on any atom is 0.111 e. The topological polar surface area (TPSA) is 17.8 Å². The smallest absolute Gasteiger partial charge is 0.111 e. The summed E-state index contributed by atoms with van der Waals surface area (Å²) in [5.41, 5.74) is 0. The zero-order valence-electron chi connectivity index (χ0n) is 28.2. The van der Waals surface area contributed by atoms with E-state index in [-0.39, 0.29) is 0 Å². The summed E-state index contributed by atoms with van der Waals surface area (Å²) in [5, 5.41) is 0. The van der Waals surface area contributed by atoms with Crippen LogP contribution in [0.5, 0.6) is 0 Å². The first kappa shape index (κ1) is 37.2. The molecule has 0 fully saturated rings. The molecule has 1 rings (SSSR count). The molecule has 1 aromatic rings. The third kappa shape index (κ3) is 20.1. The molecule has 2 nitrogen and oxygen atoms in total. The lowest BCUT2D eigenvalue weighted by atomic mass is 9.92. The molecule has 0 aliphatic rings. The first-order valence-corrected chi connectivity index (χ1v) is 18.8. The third-order valence-electron chi connectivity index (χ3n) is 9.33. The fourth-order valence-electron chi connectivity index (χ4n) is 6.53. The molecular formula is C38H74N2. The second-order valence-corrected chi connectivity index (χ2v) is 13.2. The maximum absolute atomic E-state index is 4.99. The summed E-state index contributed by atoms with van der Waals surface area (Å²) in [6, 6.07) is 0.590. The van der Waals surface area contributed by atoms with Gasteiger partial charge in [-0.25, -0.2) is 4.98 Å². The number of hydrogen-bond donors (Lipinski definition) is 0. The van der Waals surface area contributed by atoms with Crippen molar-refractivity contribution in [1.29, 1.82) is 0 Å². The molecule has 2 heteroatoms. The van der Waals surface area contributed by atoms with Gasteiger partial charge in [0.05, 0.1) is 0 Å². The number of hydrogen-bond acceptors (Lipinski definition) is 1. The van der Waals surface area contributed by atoms with Crippen LogP contribution in [0.25, 0.3) is 0 Å². The normalized spacial score (nSPS) is 13.2. The van der Waals surface area contributed by atoms with Gasteiger partial charge in [-0.15, -0.1) is 0 Å². The zero-order chi connectivity index (χ0) is 28.9.